The molecule has 0 saturated carbocycles. The second-order valence-electron chi connectivity index (χ2n) is 3.31. The molecule has 5 heteroatoms. The van der Waals surface area contributed by atoms with Gasteiger partial charge in [-0.25, -0.2) is 9.59 Å². The Labute approximate surface area is 90.3 Å². The highest BCUT2D eigenvalue weighted by Crippen LogP contribution is 2.22. The number of aromatic nitrogens is 1. The summed E-state index contributed by atoms with van der Waals surface area (Å²) in [6.07, 6.45) is 0. The van der Waals surface area contributed by atoms with Crippen molar-refractivity contribution in [1.29, 1.82) is 0 Å². The van der Waals surface area contributed by atoms with Crippen LogP contribution in [0.2, 0.25) is 0 Å². The first kappa shape index (κ1) is 10.2. The van der Waals surface area contributed by atoms with E-state index in [1.165, 1.54) is 0 Å². The second kappa shape index (κ2) is 3.69. The summed E-state index contributed by atoms with van der Waals surface area (Å²) >= 11 is 0. The van der Waals surface area contributed by atoms with E-state index in [0.29, 0.717) is 11.1 Å². The lowest BCUT2D eigenvalue weighted by Gasteiger charge is -2.03. The van der Waals surface area contributed by atoms with Crippen molar-refractivity contribution in [3.8, 4) is 5.75 Å². The fourth-order valence-corrected chi connectivity index (χ4v) is 1.22. The summed E-state index contributed by atoms with van der Waals surface area (Å²) in [7, 11) is 0. The van der Waals surface area contributed by atoms with Gasteiger partial charge < -0.3 is 9.15 Å². The number of para-hydroxylation sites is 1. The van der Waals surface area contributed by atoms with E-state index in [-0.39, 0.29) is 11.3 Å². The maximum atomic E-state index is 11.3. The number of carbonyl (C=O) groups excluding carboxylic acids is 1. The standard InChI is InChI=1S/C11H9NO4/c1-6(2)10(13)15-7-4-3-5-8-9(7)12-11(14)16-8/h3-5H,1H2,2H3,(H,12,14). The first-order valence-corrected chi connectivity index (χ1v) is 4.57. The lowest BCUT2D eigenvalue weighted by atomic mass is 10.3. The summed E-state index contributed by atoms with van der Waals surface area (Å²) in [5.74, 6) is -0.889. The van der Waals surface area contributed by atoms with E-state index >= 15 is 0 Å². The number of benzene rings is 1. The van der Waals surface area contributed by atoms with Gasteiger partial charge in [-0.05, 0) is 19.1 Å². The number of oxazole rings is 1. The molecular weight excluding hydrogens is 210 g/mol. The Morgan fingerprint density at radius 3 is 2.94 bits per heavy atom. The average molecular weight is 219 g/mol. The number of ether oxygens (including phenoxy) is 1. The number of hydrogen-bond acceptors (Lipinski definition) is 4. The van der Waals surface area contributed by atoms with Gasteiger partial charge in [-0.3, -0.25) is 4.98 Å². The first-order chi connectivity index (χ1) is 7.58. The highest BCUT2D eigenvalue weighted by atomic mass is 16.5. The molecule has 0 aliphatic rings. The van der Waals surface area contributed by atoms with Gasteiger partial charge in [0.25, 0.3) is 0 Å². The summed E-state index contributed by atoms with van der Waals surface area (Å²) in [6.45, 7) is 5.01. The minimum absolute atomic E-state index is 0.247. The van der Waals surface area contributed by atoms with Gasteiger partial charge in [-0.1, -0.05) is 12.6 Å². The molecule has 82 valence electrons. The van der Waals surface area contributed by atoms with Gasteiger partial charge in [0.2, 0.25) is 0 Å². The van der Waals surface area contributed by atoms with E-state index in [0.717, 1.165) is 0 Å². The average Bonchev–Trinajstić information content (AvgIpc) is 2.59. The van der Waals surface area contributed by atoms with Crippen molar-refractivity contribution in [3.63, 3.8) is 0 Å². The van der Waals surface area contributed by atoms with Crippen LogP contribution in [-0.2, 0) is 4.79 Å². The number of hydrogen-bond donors (Lipinski definition) is 1. The van der Waals surface area contributed by atoms with Crippen molar-refractivity contribution in [2.75, 3.05) is 0 Å². The molecule has 2 aromatic rings. The van der Waals surface area contributed by atoms with Crippen LogP contribution < -0.4 is 10.5 Å². The SMILES string of the molecule is C=C(C)C(=O)Oc1cccc2oc(=O)[nH]c12. The normalized spacial score (nSPS) is 10.3. The fraction of sp³-hybridized carbons (Fsp3) is 0.0909. The lowest BCUT2D eigenvalue weighted by molar-refractivity contribution is -0.129. The maximum absolute atomic E-state index is 11.3. The molecule has 0 aliphatic heterocycles. The van der Waals surface area contributed by atoms with E-state index in [1.807, 2.05) is 0 Å². The predicted octanol–water partition coefficient (Wildman–Crippen LogP) is 1.60. The molecule has 0 atom stereocenters. The molecule has 1 aromatic heterocycles. The molecule has 0 aliphatic carbocycles. The highest BCUT2D eigenvalue weighted by Gasteiger charge is 2.11. The van der Waals surface area contributed by atoms with Crippen LogP contribution >= 0.6 is 0 Å². The quantitative estimate of drug-likeness (QED) is 0.473. The molecular formula is C11H9NO4. The van der Waals surface area contributed by atoms with Crippen LogP contribution in [0.15, 0.2) is 39.6 Å². The van der Waals surface area contributed by atoms with Gasteiger partial charge in [-0.2, -0.15) is 0 Å². The Morgan fingerprint density at radius 1 is 1.50 bits per heavy atom. The molecule has 0 fully saturated rings. The lowest BCUT2D eigenvalue weighted by Crippen LogP contribution is -2.08. The zero-order valence-electron chi connectivity index (χ0n) is 8.57. The zero-order chi connectivity index (χ0) is 11.7. The summed E-state index contributed by atoms with van der Waals surface area (Å²) in [5, 5.41) is 0. The smallest absolute Gasteiger partial charge is 0.417 e. The van der Waals surface area contributed by atoms with E-state index in [4.69, 9.17) is 9.15 Å². The van der Waals surface area contributed by atoms with Gasteiger partial charge in [0.05, 0.1) is 0 Å². The highest BCUT2D eigenvalue weighted by molar-refractivity contribution is 5.91. The zero-order valence-corrected chi connectivity index (χ0v) is 8.57. The van der Waals surface area contributed by atoms with Crippen LogP contribution in [0.25, 0.3) is 11.1 Å². The van der Waals surface area contributed by atoms with Crippen molar-refractivity contribution in [1.82, 2.24) is 4.98 Å². The molecule has 0 spiro atoms. The number of esters is 1. The van der Waals surface area contributed by atoms with Crippen LogP contribution in [0.3, 0.4) is 0 Å². The second-order valence-corrected chi connectivity index (χ2v) is 3.31. The van der Waals surface area contributed by atoms with Crippen LogP contribution in [0, 0.1) is 0 Å². The van der Waals surface area contributed by atoms with Crippen molar-refractivity contribution < 1.29 is 13.9 Å². The van der Waals surface area contributed by atoms with E-state index in [1.54, 1.807) is 25.1 Å². The number of H-pyrrole nitrogens is 1. The van der Waals surface area contributed by atoms with Crippen molar-refractivity contribution in [2.24, 2.45) is 0 Å². The van der Waals surface area contributed by atoms with Crippen LogP contribution in [-0.4, -0.2) is 11.0 Å². The molecule has 1 N–H and O–H groups in total. The van der Waals surface area contributed by atoms with Crippen LogP contribution in [0.4, 0.5) is 0 Å². The first-order valence-electron chi connectivity index (χ1n) is 4.57. The molecule has 1 heterocycles. The molecule has 0 saturated heterocycles. The number of fused-ring (bicyclic) bond motifs is 1. The molecule has 0 bridgehead atoms. The molecule has 0 unspecified atom stereocenters. The van der Waals surface area contributed by atoms with Crippen molar-refractivity contribution >= 4 is 17.1 Å². The van der Waals surface area contributed by atoms with E-state index in [9.17, 15) is 9.59 Å². The summed E-state index contributed by atoms with van der Waals surface area (Å²) in [5.41, 5.74) is 0.988. The summed E-state index contributed by atoms with van der Waals surface area (Å²) in [4.78, 5) is 24.7. The van der Waals surface area contributed by atoms with Gasteiger partial charge in [0.15, 0.2) is 11.3 Å². The molecule has 1 aromatic carbocycles. The topological polar surface area (TPSA) is 72.3 Å². The monoisotopic (exact) mass is 219 g/mol. The minimum atomic E-state index is -0.589. The van der Waals surface area contributed by atoms with Crippen molar-refractivity contribution in [3.05, 3.63) is 40.9 Å². The Morgan fingerprint density at radius 2 is 2.25 bits per heavy atom. The minimum Gasteiger partial charge on any atom is -0.421 e. The number of rotatable bonds is 2. The third-order valence-corrected chi connectivity index (χ3v) is 1.97. The van der Waals surface area contributed by atoms with E-state index in [2.05, 4.69) is 11.6 Å². The Balaban J connectivity index is 2.48. The summed E-state index contributed by atoms with van der Waals surface area (Å²) < 4.78 is 9.86. The maximum Gasteiger partial charge on any atom is 0.417 e. The van der Waals surface area contributed by atoms with Gasteiger partial charge in [0.1, 0.15) is 5.52 Å². The number of aromatic amines is 1. The van der Waals surface area contributed by atoms with Crippen LogP contribution in [0.5, 0.6) is 5.75 Å². The fourth-order valence-electron chi connectivity index (χ4n) is 1.22. The molecule has 16 heavy (non-hydrogen) atoms. The third-order valence-electron chi connectivity index (χ3n) is 1.97. The van der Waals surface area contributed by atoms with Gasteiger partial charge >= 0.3 is 11.7 Å². The van der Waals surface area contributed by atoms with Crippen LogP contribution in [0.1, 0.15) is 6.92 Å². The largest absolute Gasteiger partial charge is 0.421 e. The Hall–Kier alpha value is -2.30. The third kappa shape index (κ3) is 1.75. The van der Waals surface area contributed by atoms with E-state index < -0.39 is 11.7 Å². The molecule has 0 radical (unpaired) electrons. The Kier molecular flexibility index (Phi) is 2.36. The predicted molar refractivity (Wildman–Crippen MR) is 57.3 cm³/mol. The molecule has 0 amide bonds. The number of carbonyl (C=O) groups is 1. The van der Waals surface area contributed by atoms with Gasteiger partial charge in [0, 0.05) is 5.57 Å². The summed E-state index contributed by atoms with van der Waals surface area (Å²) in [6, 6.07) is 4.79. The Bertz CT molecular complexity index is 620. The molecule has 2 rings (SSSR count). The van der Waals surface area contributed by atoms with Gasteiger partial charge in [-0.15, -0.1) is 0 Å². The number of nitrogens with one attached hydrogen (secondary N) is 1. The molecule has 5 nitrogen and oxygen atoms in total. The van der Waals surface area contributed by atoms with Crippen molar-refractivity contribution in [2.45, 2.75) is 6.92 Å².